The van der Waals surface area contributed by atoms with Crippen LogP contribution in [-0.4, -0.2) is 41.9 Å². The van der Waals surface area contributed by atoms with E-state index in [0.29, 0.717) is 22.4 Å². The van der Waals surface area contributed by atoms with E-state index in [4.69, 9.17) is 5.41 Å². The zero-order valence-electron chi connectivity index (χ0n) is 17.6. The number of aromatic nitrogens is 1. The molecule has 2 aromatic carbocycles. The summed E-state index contributed by atoms with van der Waals surface area (Å²) in [5, 5.41) is 20.5. The van der Waals surface area contributed by atoms with E-state index in [0.717, 1.165) is 37.9 Å². The van der Waals surface area contributed by atoms with Crippen LogP contribution < -0.4 is 10.9 Å². The van der Waals surface area contributed by atoms with Gasteiger partial charge in [0.25, 0.3) is 5.56 Å². The fourth-order valence-corrected chi connectivity index (χ4v) is 4.06. The molecule has 6 nitrogen and oxygen atoms in total. The first-order chi connectivity index (χ1) is 15.6. The van der Waals surface area contributed by atoms with Gasteiger partial charge in [-0.05, 0) is 73.5 Å². The SMILES string of the molecule is N#Cc1cc(F)ccc1-c1ccn(-c2ccc(NCCN3CCCC3)c(C=N)c2)c(=O)c1. The highest BCUT2D eigenvalue weighted by molar-refractivity contribution is 5.86. The van der Waals surface area contributed by atoms with Gasteiger partial charge in [0.05, 0.1) is 11.6 Å². The number of nitrogens with one attached hydrogen (secondary N) is 2. The summed E-state index contributed by atoms with van der Waals surface area (Å²) >= 11 is 0. The summed E-state index contributed by atoms with van der Waals surface area (Å²) in [6.45, 7) is 4.05. The van der Waals surface area contributed by atoms with Crippen molar-refractivity contribution in [3.8, 4) is 22.9 Å². The number of likely N-dealkylation sites (tertiary alicyclic amines) is 1. The quantitative estimate of drug-likeness (QED) is 0.556. The third kappa shape index (κ3) is 4.61. The Morgan fingerprint density at radius 1 is 1.12 bits per heavy atom. The van der Waals surface area contributed by atoms with Gasteiger partial charge in [0.2, 0.25) is 0 Å². The van der Waals surface area contributed by atoms with Crippen LogP contribution in [0.15, 0.2) is 59.5 Å². The van der Waals surface area contributed by atoms with Gasteiger partial charge in [-0.2, -0.15) is 5.26 Å². The predicted molar refractivity (Wildman–Crippen MR) is 124 cm³/mol. The van der Waals surface area contributed by atoms with Crippen LogP contribution in [0.2, 0.25) is 0 Å². The van der Waals surface area contributed by atoms with Crippen molar-refractivity contribution in [2.24, 2.45) is 0 Å². The number of nitrogens with zero attached hydrogens (tertiary/aromatic N) is 3. The van der Waals surface area contributed by atoms with Crippen molar-refractivity contribution in [1.82, 2.24) is 9.47 Å². The first-order valence-corrected chi connectivity index (χ1v) is 10.6. The van der Waals surface area contributed by atoms with Crippen LogP contribution >= 0.6 is 0 Å². The van der Waals surface area contributed by atoms with Crippen LogP contribution in [0.25, 0.3) is 16.8 Å². The summed E-state index contributed by atoms with van der Waals surface area (Å²) in [6, 6.07) is 14.6. The molecule has 1 fully saturated rings. The minimum atomic E-state index is -0.494. The molecule has 0 unspecified atom stereocenters. The summed E-state index contributed by atoms with van der Waals surface area (Å²) in [5.74, 6) is -0.494. The number of halogens is 1. The molecule has 0 spiro atoms. The van der Waals surface area contributed by atoms with Crippen molar-refractivity contribution in [1.29, 1.82) is 10.7 Å². The molecular formula is C25H24FN5O. The van der Waals surface area contributed by atoms with Crippen molar-refractivity contribution in [2.75, 3.05) is 31.5 Å². The summed E-state index contributed by atoms with van der Waals surface area (Å²) in [7, 11) is 0. The zero-order valence-corrected chi connectivity index (χ0v) is 17.6. The maximum Gasteiger partial charge on any atom is 0.255 e. The van der Waals surface area contributed by atoms with Crippen molar-refractivity contribution >= 4 is 11.9 Å². The lowest BCUT2D eigenvalue weighted by Crippen LogP contribution is -2.26. The van der Waals surface area contributed by atoms with Gasteiger partial charge < -0.3 is 15.6 Å². The van der Waals surface area contributed by atoms with Crippen LogP contribution in [0.1, 0.15) is 24.0 Å². The van der Waals surface area contributed by atoms with Crippen molar-refractivity contribution in [2.45, 2.75) is 12.8 Å². The number of benzene rings is 2. The van der Waals surface area contributed by atoms with Gasteiger partial charge in [0.1, 0.15) is 5.82 Å². The molecule has 162 valence electrons. The molecule has 1 saturated heterocycles. The maximum absolute atomic E-state index is 13.4. The molecule has 0 radical (unpaired) electrons. The molecule has 2 N–H and O–H groups in total. The lowest BCUT2D eigenvalue weighted by atomic mass is 10.0. The highest BCUT2D eigenvalue weighted by Crippen LogP contribution is 2.24. The molecule has 0 amide bonds. The van der Waals surface area contributed by atoms with Crippen molar-refractivity contribution in [3.63, 3.8) is 0 Å². The Morgan fingerprint density at radius 2 is 1.94 bits per heavy atom. The standard InChI is InChI=1S/C25H24FN5O/c26-21-3-5-23(19(13-21)16-27)18-7-11-31(25(32)15-18)22-4-6-24(20(14-22)17-28)29-8-12-30-9-1-2-10-30/h3-7,11,13-15,17,28-29H,1-2,8-10,12H2. The van der Waals surface area contributed by atoms with Gasteiger partial charge in [-0.15, -0.1) is 0 Å². The van der Waals surface area contributed by atoms with Gasteiger partial charge in [-0.1, -0.05) is 6.07 Å². The fourth-order valence-electron chi connectivity index (χ4n) is 4.06. The predicted octanol–water partition coefficient (Wildman–Crippen LogP) is 4.02. The summed E-state index contributed by atoms with van der Waals surface area (Å²) in [5.41, 5.74) is 3.16. The molecule has 3 aromatic rings. The topological polar surface area (TPSA) is 84.9 Å². The number of pyridine rings is 1. The highest BCUT2D eigenvalue weighted by Gasteiger charge is 2.12. The van der Waals surface area contributed by atoms with E-state index in [-0.39, 0.29) is 11.1 Å². The van der Waals surface area contributed by atoms with Crippen LogP contribution in [0.3, 0.4) is 0 Å². The Labute approximate surface area is 186 Å². The van der Waals surface area contributed by atoms with Crippen LogP contribution in [0.4, 0.5) is 10.1 Å². The third-order valence-corrected chi connectivity index (χ3v) is 5.74. The Balaban J connectivity index is 1.56. The molecule has 0 atom stereocenters. The second-order valence-corrected chi connectivity index (χ2v) is 7.82. The summed E-state index contributed by atoms with van der Waals surface area (Å²) < 4.78 is 14.9. The zero-order chi connectivity index (χ0) is 22.5. The van der Waals surface area contributed by atoms with Gasteiger partial charge in [0.15, 0.2) is 0 Å². The molecule has 4 rings (SSSR count). The second-order valence-electron chi connectivity index (χ2n) is 7.82. The van der Waals surface area contributed by atoms with Gasteiger partial charge >= 0.3 is 0 Å². The highest BCUT2D eigenvalue weighted by atomic mass is 19.1. The van der Waals surface area contributed by atoms with E-state index in [2.05, 4.69) is 10.2 Å². The number of anilines is 1. The third-order valence-electron chi connectivity index (χ3n) is 5.74. The lowest BCUT2D eigenvalue weighted by Gasteiger charge is -2.17. The largest absolute Gasteiger partial charge is 0.383 e. The first-order valence-electron chi connectivity index (χ1n) is 10.6. The Hall–Kier alpha value is -3.76. The van der Waals surface area contributed by atoms with Crippen LogP contribution in [0, 0.1) is 22.6 Å². The van der Waals surface area contributed by atoms with E-state index < -0.39 is 5.82 Å². The molecule has 0 aliphatic carbocycles. The van der Waals surface area contributed by atoms with Gasteiger partial charge in [-0.25, -0.2) is 4.39 Å². The Morgan fingerprint density at radius 3 is 2.66 bits per heavy atom. The molecule has 2 heterocycles. The van der Waals surface area contributed by atoms with Crippen LogP contribution in [0.5, 0.6) is 0 Å². The smallest absolute Gasteiger partial charge is 0.255 e. The van der Waals surface area contributed by atoms with Gasteiger partial charge in [-0.3, -0.25) is 9.36 Å². The van der Waals surface area contributed by atoms with E-state index >= 15 is 0 Å². The average Bonchev–Trinajstić information content (AvgIpc) is 3.32. The van der Waals surface area contributed by atoms with Crippen molar-refractivity contribution in [3.05, 3.63) is 82.0 Å². The second kappa shape index (κ2) is 9.58. The number of hydrogen-bond acceptors (Lipinski definition) is 5. The summed E-state index contributed by atoms with van der Waals surface area (Å²) in [6.07, 6.45) is 5.42. The molecule has 7 heteroatoms. The van der Waals surface area contributed by atoms with Crippen molar-refractivity contribution < 1.29 is 4.39 Å². The Kier molecular flexibility index (Phi) is 6.43. The molecule has 0 saturated carbocycles. The maximum atomic E-state index is 13.4. The fraction of sp³-hybridized carbons (Fsp3) is 0.240. The molecule has 1 aromatic heterocycles. The Bertz CT molecular complexity index is 1240. The monoisotopic (exact) mass is 429 g/mol. The normalized spacial score (nSPS) is 13.6. The lowest BCUT2D eigenvalue weighted by molar-refractivity contribution is 0.352. The van der Waals surface area contributed by atoms with E-state index in [1.807, 2.05) is 18.2 Å². The number of rotatable bonds is 7. The molecule has 1 aliphatic rings. The van der Waals surface area contributed by atoms with Crippen LogP contribution in [-0.2, 0) is 0 Å². The average molecular weight is 429 g/mol. The van der Waals surface area contributed by atoms with E-state index in [1.165, 1.54) is 41.8 Å². The minimum Gasteiger partial charge on any atom is -0.383 e. The number of hydrogen-bond donors (Lipinski definition) is 2. The van der Waals surface area contributed by atoms with E-state index in [1.54, 1.807) is 18.3 Å². The number of nitriles is 1. The van der Waals surface area contributed by atoms with Gasteiger partial charge in [0, 0.05) is 48.5 Å². The minimum absolute atomic E-state index is 0.178. The first kappa shape index (κ1) is 21.5. The molecule has 0 bridgehead atoms. The van der Waals surface area contributed by atoms with E-state index in [9.17, 15) is 14.4 Å². The molecular weight excluding hydrogens is 405 g/mol. The summed E-state index contributed by atoms with van der Waals surface area (Å²) in [4.78, 5) is 15.2. The molecule has 1 aliphatic heterocycles. The molecule has 32 heavy (non-hydrogen) atoms.